The number of aromatic nitrogens is 1. The van der Waals surface area contributed by atoms with Crippen molar-refractivity contribution in [3.8, 4) is 0 Å². The van der Waals surface area contributed by atoms with Crippen LogP contribution < -0.4 is 5.32 Å². The number of amides is 1. The Morgan fingerprint density at radius 2 is 1.88 bits per heavy atom. The lowest BCUT2D eigenvalue weighted by Crippen LogP contribution is -2.10. The highest BCUT2D eigenvalue weighted by Gasteiger charge is 2.13. The number of anilines is 1. The summed E-state index contributed by atoms with van der Waals surface area (Å²) in [6, 6.07) is 25.7. The Morgan fingerprint density at radius 1 is 1.06 bits per heavy atom. The summed E-state index contributed by atoms with van der Waals surface area (Å²) in [4.78, 5) is 17.5. The number of nitrogens with zero attached hydrogens (tertiary/aromatic N) is 2. The molecule has 0 saturated heterocycles. The molecular formula is C28H22ClN3OS. The standard InChI is InChI=1S/C28H22ClN3OS/c1-19-5-4-6-20(15-19)17-32-18-21(24-7-2-3-8-26(24)32)16-30-28-25(13-14-34-28)27(33)31-23-11-9-22(29)10-12-23/h2-16,18H,17H2,1H3,(H,31,33)/b30-16+. The molecule has 0 saturated carbocycles. The topological polar surface area (TPSA) is 46.4 Å². The molecular weight excluding hydrogens is 462 g/mol. The molecule has 0 fully saturated rings. The molecule has 0 aliphatic heterocycles. The minimum Gasteiger partial charge on any atom is -0.342 e. The Bertz CT molecular complexity index is 1500. The number of para-hydroxylation sites is 1. The van der Waals surface area contributed by atoms with Crippen LogP contribution in [0.3, 0.4) is 0 Å². The minimum absolute atomic E-state index is 0.197. The van der Waals surface area contributed by atoms with Crippen molar-refractivity contribution in [1.82, 2.24) is 4.57 Å². The molecule has 0 radical (unpaired) electrons. The largest absolute Gasteiger partial charge is 0.342 e. The number of hydrogen-bond acceptors (Lipinski definition) is 3. The Hall–Kier alpha value is -3.67. The number of aryl methyl sites for hydroxylation is 1. The van der Waals surface area contributed by atoms with Gasteiger partial charge in [0.25, 0.3) is 5.91 Å². The van der Waals surface area contributed by atoms with Crippen molar-refractivity contribution in [2.45, 2.75) is 13.5 Å². The first kappa shape index (κ1) is 22.1. The van der Waals surface area contributed by atoms with Crippen LogP contribution in [-0.4, -0.2) is 16.7 Å². The van der Waals surface area contributed by atoms with E-state index in [1.807, 2.05) is 17.7 Å². The molecule has 1 N–H and O–H groups in total. The maximum Gasteiger partial charge on any atom is 0.258 e. The molecule has 1 amide bonds. The van der Waals surface area contributed by atoms with E-state index in [2.05, 4.69) is 65.5 Å². The number of thiophene rings is 1. The molecule has 168 valence electrons. The number of carbonyl (C=O) groups is 1. The molecule has 3 aromatic carbocycles. The molecule has 5 rings (SSSR count). The van der Waals surface area contributed by atoms with Gasteiger partial charge >= 0.3 is 0 Å². The van der Waals surface area contributed by atoms with E-state index in [1.165, 1.54) is 22.5 Å². The Kier molecular flexibility index (Phi) is 6.30. The maximum absolute atomic E-state index is 12.8. The third-order valence-corrected chi connectivity index (χ3v) is 6.64. The van der Waals surface area contributed by atoms with E-state index >= 15 is 0 Å². The minimum atomic E-state index is -0.197. The number of nitrogens with one attached hydrogen (secondary N) is 1. The van der Waals surface area contributed by atoms with Crippen LogP contribution in [0.25, 0.3) is 10.9 Å². The van der Waals surface area contributed by atoms with Gasteiger partial charge in [0.05, 0.1) is 5.56 Å². The van der Waals surface area contributed by atoms with E-state index in [0.717, 1.165) is 23.0 Å². The van der Waals surface area contributed by atoms with Crippen LogP contribution in [0.5, 0.6) is 0 Å². The second-order valence-corrected chi connectivity index (χ2v) is 9.41. The molecule has 0 atom stereocenters. The van der Waals surface area contributed by atoms with Crippen molar-refractivity contribution >= 4 is 56.7 Å². The number of aliphatic imine (C=N–C) groups is 1. The molecule has 0 unspecified atom stereocenters. The lowest BCUT2D eigenvalue weighted by molar-refractivity contribution is 0.102. The average molecular weight is 484 g/mol. The van der Waals surface area contributed by atoms with Crippen LogP contribution >= 0.6 is 22.9 Å². The summed E-state index contributed by atoms with van der Waals surface area (Å²) in [6.07, 6.45) is 3.97. The van der Waals surface area contributed by atoms with Crippen LogP contribution in [0.2, 0.25) is 5.02 Å². The highest BCUT2D eigenvalue weighted by molar-refractivity contribution is 7.14. The molecule has 5 aromatic rings. The van der Waals surface area contributed by atoms with Crippen molar-refractivity contribution in [3.63, 3.8) is 0 Å². The van der Waals surface area contributed by atoms with Gasteiger partial charge in [-0.25, -0.2) is 4.99 Å². The molecule has 2 aromatic heterocycles. The highest BCUT2D eigenvalue weighted by atomic mass is 35.5. The van der Waals surface area contributed by atoms with Gasteiger partial charge in [0.2, 0.25) is 0 Å². The molecule has 0 bridgehead atoms. The molecule has 0 aliphatic carbocycles. The number of rotatable bonds is 6. The third-order valence-electron chi connectivity index (χ3n) is 5.57. The molecule has 34 heavy (non-hydrogen) atoms. The van der Waals surface area contributed by atoms with Gasteiger partial charge in [-0.05, 0) is 54.3 Å². The molecule has 2 heterocycles. The number of hydrogen-bond donors (Lipinski definition) is 1. The monoisotopic (exact) mass is 483 g/mol. The van der Waals surface area contributed by atoms with Crippen LogP contribution in [-0.2, 0) is 6.54 Å². The normalized spacial score (nSPS) is 11.4. The summed E-state index contributed by atoms with van der Waals surface area (Å²) in [5, 5.41) is 7.21. The third kappa shape index (κ3) is 4.81. The fourth-order valence-electron chi connectivity index (χ4n) is 3.95. The lowest BCUT2D eigenvalue weighted by atomic mass is 10.1. The smallest absolute Gasteiger partial charge is 0.258 e. The van der Waals surface area contributed by atoms with Gasteiger partial charge in [0.15, 0.2) is 0 Å². The fourth-order valence-corrected chi connectivity index (χ4v) is 4.81. The van der Waals surface area contributed by atoms with E-state index in [0.29, 0.717) is 21.3 Å². The van der Waals surface area contributed by atoms with Gasteiger partial charge in [-0.1, -0.05) is 59.6 Å². The SMILES string of the molecule is Cc1cccc(Cn2cc(/C=N/c3sccc3C(=O)Nc3ccc(Cl)cc3)c3ccccc32)c1. The van der Waals surface area contributed by atoms with Gasteiger partial charge in [0.1, 0.15) is 5.00 Å². The molecule has 4 nitrogen and oxygen atoms in total. The first-order valence-corrected chi connectivity index (χ1v) is 12.1. The number of benzene rings is 3. The second kappa shape index (κ2) is 9.67. The van der Waals surface area contributed by atoms with Gasteiger partial charge < -0.3 is 9.88 Å². The lowest BCUT2D eigenvalue weighted by Gasteiger charge is -2.06. The van der Waals surface area contributed by atoms with E-state index in [1.54, 1.807) is 30.3 Å². The zero-order valence-electron chi connectivity index (χ0n) is 18.5. The van der Waals surface area contributed by atoms with Crippen LogP contribution in [0.15, 0.2) is 95.4 Å². The van der Waals surface area contributed by atoms with E-state index in [9.17, 15) is 4.79 Å². The second-order valence-electron chi connectivity index (χ2n) is 8.08. The Labute approximate surface area is 207 Å². The average Bonchev–Trinajstić information content (AvgIpc) is 3.44. The van der Waals surface area contributed by atoms with Gasteiger partial charge in [-0.2, -0.15) is 0 Å². The van der Waals surface area contributed by atoms with Gasteiger partial charge in [-0.15, -0.1) is 11.3 Å². The summed E-state index contributed by atoms with van der Waals surface area (Å²) >= 11 is 7.38. The quantitative estimate of drug-likeness (QED) is 0.247. The number of fused-ring (bicyclic) bond motifs is 1. The summed E-state index contributed by atoms with van der Waals surface area (Å²) in [6.45, 7) is 2.89. The fraction of sp³-hybridized carbons (Fsp3) is 0.0714. The van der Waals surface area contributed by atoms with Crippen molar-refractivity contribution in [1.29, 1.82) is 0 Å². The molecule has 0 aliphatic rings. The number of halogens is 1. The predicted molar refractivity (Wildman–Crippen MR) is 143 cm³/mol. The van der Waals surface area contributed by atoms with E-state index in [-0.39, 0.29) is 5.91 Å². The number of carbonyl (C=O) groups excluding carboxylic acids is 1. The summed E-state index contributed by atoms with van der Waals surface area (Å²) < 4.78 is 2.24. The van der Waals surface area contributed by atoms with Crippen LogP contribution in [0.1, 0.15) is 27.0 Å². The van der Waals surface area contributed by atoms with E-state index in [4.69, 9.17) is 16.6 Å². The zero-order chi connectivity index (χ0) is 23.5. The molecule has 0 spiro atoms. The predicted octanol–water partition coefficient (Wildman–Crippen LogP) is 7.72. The van der Waals surface area contributed by atoms with Gasteiger partial charge in [0, 0.05) is 46.1 Å². The van der Waals surface area contributed by atoms with Crippen molar-refractivity contribution < 1.29 is 4.79 Å². The first-order chi connectivity index (χ1) is 16.6. The summed E-state index contributed by atoms with van der Waals surface area (Å²) in [5.74, 6) is -0.197. The maximum atomic E-state index is 12.8. The van der Waals surface area contributed by atoms with Crippen LogP contribution in [0, 0.1) is 6.92 Å². The van der Waals surface area contributed by atoms with Crippen molar-refractivity contribution in [2.75, 3.05) is 5.32 Å². The zero-order valence-corrected chi connectivity index (χ0v) is 20.1. The van der Waals surface area contributed by atoms with Crippen LogP contribution in [0.4, 0.5) is 10.7 Å². The van der Waals surface area contributed by atoms with E-state index < -0.39 is 0 Å². The first-order valence-electron chi connectivity index (χ1n) is 10.9. The Morgan fingerprint density at radius 3 is 2.71 bits per heavy atom. The molecule has 6 heteroatoms. The van der Waals surface area contributed by atoms with Crippen molar-refractivity contribution in [3.05, 3.63) is 118 Å². The van der Waals surface area contributed by atoms with Gasteiger partial charge in [-0.3, -0.25) is 4.79 Å². The summed E-state index contributed by atoms with van der Waals surface area (Å²) in [7, 11) is 0. The van der Waals surface area contributed by atoms with Crippen molar-refractivity contribution in [2.24, 2.45) is 4.99 Å². The highest BCUT2D eigenvalue weighted by Crippen LogP contribution is 2.29. The Balaban J connectivity index is 1.41. The summed E-state index contributed by atoms with van der Waals surface area (Å²) in [5.41, 5.74) is 5.90.